The highest BCUT2D eigenvalue weighted by Crippen LogP contribution is 2.31. The zero-order chi connectivity index (χ0) is 13.7. The largest absolute Gasteiger partial charge is 0.495 e. The van der Waals surface area contributed by atoms with E-state index in [2.05, 4.69) is 0 Å². The zero-order valence-corrected chi connectivity index (χ0v) is 11.0. The average Bonchev–Trinajstić information content (AvgIpc) is 2.29. The number of benzene rings is 1. The van der Waals surface area contributed by atoms with Gasteiger partial charge in [0, 0.05) is 11.6 Å². The van der Waals surface area contributed by atoms with E-state index in [1.165, 1.54) is 13.2 Å². The molecule has 0 atom stereocenters. The highest BCUT2D eigenvalue weighted by molar-refractivity contribution is 5.62. The fraction of sp³-hybridized carbons (Fsp3) is 0.500. The van der Waals surface area contributed by atoms with Crippen LogP contribution in [0.3, 0.4) is 0 Å². The van der Waals surface area contributed by atoms with Gasteiger partial charge < -0.3 is 15.4 Å². The fourth-order valence-corrected chi connectivity index (χ4v) is 1.76. The summed E-state index contributed by atoms with van der Waals surface area (Å²) in [4.78, 5) is 12.6. The van der Waals surface area contributed by atoms with Gasteiger partial charge in [0.1, 0.15) is 5.75 Å². The summed E-state index contributed by atoms with van der Waals surface area (Å²) in [5.41, 5.74) is 6.69. The highest BCUT2D eigenvalue weighted by Gasteiger charge is 2.17. The first-order chi connectivity index (χ1) is 8.45. The molecule has 0 aliphatic heterocycles. The Hall–Kier alpha value is -1.82. The van der Waals surface area contributed by atoms with Gasteiger partial charge in [0.25, 0.3) is 5.69 Å². The van der Waals surface area contributed by atoms with E-state index < -0.39 is 4.92 Å². The van der Waals surface area contributed by atoms with Crippen LogP contribution in [0.2, 0.25) is 0 Å². The van der Waals surface area contributed by atoms with Crippen LogP contribution in [0.5, 0.6) is 5.75 Å². The number of nitrogens with two attached hydrogens (primary N) is 1. The maximum atomic E-state index is 11.0. The fourth-order valence-electron chi connectivity index (χ4n) is 1.76. The molecule has 0 heterocycles. The van der Waals surface area contributed by atoms with Crippen LogP contribution in [0.4, 0.5) is 11.4 Å². The van der Waals surface area contributed by atoms with Gasteiger partial charge in [-0.15, -0.1) is 0 Å². The summed E-state index contributed by atoms with van der Waals surface area (Å²) in [6.07, 6.45) is 1.48. The molecule has 6 heteroatoms. The van der Waals surface area contributed by atoms with Crippen LogP contribution in [-0.4, -0.2) is 37.6 Å². The third-order valence-corrected chi connectivity index (χ3v) is 2.68. The molecule has 2 N–H and O–H groups in total. The molecule has 0 radical (unpaired) electrons. The summed E-state index contributed by atoms with van der Waals surface area (Å²) in [5, 5.41) is 11.0. The highest BCUT2D eigenvalue weighted by atomic mass is 16.6. The van der Waals surface area contributed by atoms with Crippen LogP contribution in [-0.2, 0) is 6.42 Å². The van der Waals surface area contributed by atoms with Crippen LogP contribution in [0.25, 0.3) is 0 Å². The standard InChI is InChI=1S/C12H19N3O3/c1-14(2)6-4-5-9-7-12(18-3)10(13)8-11(9)15(16)17/h7-8H,4-6,13H2,1-3H3. The Morgan fingerprint density at radius 2 is 2.11 bits per heavy atom. The summed E-state index contributed by atoms with van der Waals surface area (Å²) in [5.74, 6) is 0.487. The molecule has 18 heavy (non-hydrogen) atoms. The molecule has 1 aromatic rings. The van der Waals surface area contributed by atoms with E-state index in [0.29, 0.717) is 23.4 Å². The summed E-state index contributed by atoms with van der Waals surface area (Å²) < 4.78 is 5.09. The van der Waals surface area contributed by atoms with Gasteiger partial charge >= 0.3 is 0 Å². The molecule has 0 aromatic heterocycles. The molecule has 0 aliphatic rings. The molecule has 0 saturated heterocycles. The minimum Gasteiger partial charge on any atom is -0.495 e. The molecular weight excluding hydrogens is 234 g/mol. The lowest BCUT2D eigenvalue weighted by Crippen LogP contribution is -2.13. The first-order valence-corrected chi connectivity index (χ1v) is 5.71. The van der Waals surface area contributed by atoms with Gasteiger partial charge in [0.2, 0.25) is 0 Å². The van der Waals surface area contributed by atoms with Crippen molar-refractivity contribution in [2.75, 3.05) is 33.5 Å². The molecule has 6 nitrogen and oxygen atoms in total. The van der Waals surface area contributed by atoms with E-state index in [9.17, 15) is 10.1 Å². The van der Waals surface area contributed by atoms with E-state index in [1.54, 1.807) is 6.07 Å². The van der Waals surface area contributed by atoms with Crippen LogP contribution in [0, 0.1) is 10.1 Å². The molecule has 0 amide bonds. The van der Waals surface area contributed by atoms with Crippen molar-refractivity contribution in [3.8, 4) is 5.75 Å². The maximum Gasteiger partial charge on any atom is 0.274 e. The van der Waals surface area contributed by atoms with Gasteiger partial charge in [-0.2, -0.15) is 0 Å². The number of hydrogen-bond acceptors (Lipinski definition) is 5. The average molecular weight is 253 g/mol. The van der Waals surface area contributed by atoms with Crippen molar-refractivity contribution >= 4 is 11.4 Å². The first-order valence-electron chi connectivity index (χ1n) is 5.71. The zero-order valence-electron chi connectivity index (χ0n) is 11.0. The van der Waals surface area contributed by atoms with Crippen LogP contribution in [0.1, 0.15) is 12.0 Å². The third kappa shape index (κ3) is 3.59. The van der Waals surface area contributed by atoms with Crippen molar-refractivity contribution in [3.63, 3.8) is 0 Å². The van der Waals surface area contributed by atoms with Crippen LogP contribution < -0.4 is 10.5 Å². The number of nitro benzene ring substituents is 1. The van der Waals surface area contributed by atoms with Gasteiger partial charge in [0.15, 0.2) is 0 Å². The number of nitrogen functional groups attached to an aromatic ring is 1. The molecule has 0 fully saturated rings. The number of aryl methyl sites for hydroxylation is 1. The van der Waals surface area contributed by atoms with E-state index in [1.807, 2.05) is 19.0 Å². The van der Waals surface area contributed by atoms with Gasteiger partial charge in [0.05, 0.1) is 17.7 Å². The topological polar surface area (TPSA) is 81.6 Å². The lowest BCUT2D eigenvalue weighted by Gasteiger charge is -2.11. The second-order valence-corrected chi connectivity index (χ2v) is 4.39. The smallest absolute Gasteiger partial charge is 0.274 e. The van der Waals surface area contributed by atoms with Crippen molar-refractivity contribution < 1.29 is 9.66 Å². The monoisotopic (exact) mass is 253 g/mol. The number of ether oxygens (including phenoxy) is 1. The van der Waals surface area contributed by atoms with Crippen LogP contribution in [0.15, 0.2) is 12.1 Å². The number of hydrogen-bond donors (Lipinski definition) is 1. The Morgan fingerprint density at radius 1 is 1.44 bits per heavy atom. The molecule has 1 rings (SSSR count). The van der Waals surface area contributed by atoms with Gasteiger partial charge in [-0.1, -0.05) is 0 Å². The molecule has 0 aliphatic carbocycles. The summed E-state index contributed by atoms with van der Waals surface area (Å²) in [6.45, 7) is 0.879. The predicted molar refractivity (Wildman–Crippen MR) is 70.9 cm³/mol. The Balaban J connectivity index is 2.95. The van der Waals surface area contributed by atoms with E-state index >= 15 is 0 Å². The molecular formula is C12H19N3O3. The number of nitrogens with zero attached hydrogens (tertiary/aromatic N) is 2. The molecule has 0 bridgehead atoms. The lowest BCUT2D eigenvalue weighted by molar-refractivity contribution is -0.385. The summed E-state index contributed by atoms with van der Waals surface area (Å²) in [7, 11) is 5.44. The third-order valence-electron chi connectivity index (χ3n) is 2.68. The van der Waals surface area contributed by atoms with Gasteiger partial charge in [-0.3, -0.25) is 10.1 Å². The molecule has 0 spiro atoms. The Morgan fingerprint density at radius 3 is 2.61 bits per heavy atom. The second-order valence-electron chi connectivity index (χ2n) is 4.39. The molecule has 0 saturated carbocycles. The van der Waals surface area contributed by atoms with E-state index in [4.69, 9.17) is 10.5 Å². The first kappa shape index (κ1) is 14.2. The molecule has 1 aromatic carbocycles. The van der Waals surface area contributed by atoms with Crippen molar-refractivity contribution in [1.29, 1.82) is 0 Å². The van der Waals surface area contributed by atoms with Crippen LogP contribution >= 0.6 is 0 Å². The van der Waals surface area contributed by atoms with Crippen molar-refractivity contribution in [2.24, 2.45) is 0 Å². The van der Waals surface area contributed by atoms with Crippen molar-refractivity contribution in [2.45, 2.75) is 12.8 Å². The Bertz CT molecular complexity index is 433. The molecule has 100 valence electrons. The van der Waals surface area contributed by atoms with Crippen molar-refractivity contribution in [1.82, 2.24) is 4.90 Å². The quantitative estimate of drug-likeness (QED) is 0.474. The predicted octanol–water partition coefficient (Wildman–Crippen LogP) is 1.68. The number of anilines is 1. The van der Waals surface area contributed by atoms with E-state index in [-0.39, 0.29) is 5.69 Å². The number of rotatable bonds is 6. The minimum absolute atomic E-state index is 0.0621. The Kier molecular flexibility index (Phi) is 4.91. The molecule has 0 unspecified atom stereocenters. The lowest BCUT2D eigenvalue weighted by atomic mass is 10.1. The maximum absolute atomic E-state index is 11.0. The Labute approximate surface area is 106 Å². The van der Waals surface area contributed by atoms with Gasteiger partial charge in [-0.05, 0) is 39.5 Å². The minimum atomic E-state index is -0.402. The SMILES string of the molecule is COc1cc(CCCN(C)C)c([N+](=O)[O-])cc1N. The normalized spacial score (nSPS) is 10.7. The summed E-state index contributed by atoms with van der Waals surface area (Å²) >= 11 is 0. The number of methoxy groups -OCH3 is 1. The second kappa shape index (κ2) is 6.20. The summed E-state index contributed by atoms with van der Waals surface area (Å²) in [6, 6.07) is 3.02. The van der Waals surface area contributed by atoms with Gasteiger partial charge in [-0.25, -0.2) is 0 Å². The number of nitro groups is 1. The van der Waals surface area contributed by atoms with Crippen molar-refractivity contribution in [3.05, 3.63) is 27.8 Å². The van der Waals surface area contributed by atoms with E-state index in [0.717, 1.165) is 13.0 Å².